The predicted octanol–water partition coefficient (Wildman–Crippen LogP) is 0.818. The molecule has 2 N–H and O–H groups in total. The molecule has 0 spiro atoms. The second-order valence-electron chi connectivity index (χ2n) is 3.48. The molecule has 1 fully saturated rings. The molecule has 10 heavy (non-hydrogen) atoms. The van der Waals surface area contributed by atoms with Crippen molar-refractivity contribution < 1.29 is 0 Å². The molecule has 60 valence electrons. The SMILES string of the molecule is CN(C)C1CCCC[C@@H]1N. The average Bonchev–Trinajstić information content (AvgIpc) is 1.88. The van der Waals surface area contributed by atoms with Crippen molar-refractivity contribution in [2.24, 2.45) is 5.73 Å². The van der Waals surface area contributed by atoms with Crippen LogP contribution in [0.3, 0.4) is 0 Å². The van der Waals surface area contributed by atoms with Crippen LogP contribution in [-0.2, 0) is 0 Å². The maximum Gasteiger partial charge on any atom is 0.0241 e. The van der Waals surface area contributed by atoms with E-state index in [9.17, 15) is 0 Å². The van der Waals surface area contributed by atoms with E-state index in [0.29, 0.717) is 12.1 Å². The zero-order chi connectivity index (χ0) is 7.56. The first-order valence-electron chi connectivity index (χ1n) is 4.14. The molecule has 1 saturated carbocycles. The van der Waals surface area contributed by atoms with Crippen molar-refractivity contribution in [3.05, 3.63) is 0 Å². The highest BCUT2D eigenvalue weighted by atomic mass is 15.1. The molecule has 0 aliphatic heterocycles. The summed E-state index contributed by atoms with van der Waals surface area (Å²) in [6.45, 7) is 0. The lowest BCUT2D eigenvalue weighted by Gasteiger charge is -2.33. The van der Waals surface area contributed by atoms with Gasteiger partial charge in [0.2, 0.25) is 0 Å². The van der Waals surface area contributed by atoms with Crippen LogP contribution in [0.25, 0.3) is 0 Å². The van der Waals surface area contributed by atoms with Gasteiger partial charge in [0.1, 0.15) is 0 Å². The summed E-state index contributed by atoms with van der Waals surface area (Å²) in [6, 6.07) is 1.05. The minimum Gasteiger partial charge on any atom is -0.326 e. The molecule has 0 bridgehead atoms. The molecule has 0 aromatic heterocycles. The first-order valence-corrected chi connectivity index (χ1v) is 4.14. The van der Waals surface area contributed by atoms with E-state index < -0.39 is 0 Å². The van der Waals surface area contributed by atoms with Crippen LogP contribution >= 0.6 is 0 Å². The predicted molar refractivity (Wildman–Crippen MR) is 43.9 cm³/mol. The molecule has 0 heterocycles. The number of nitrogens with zero attached hydrogens (tertiary/aromatic N) is 1. The summed E-state index contributed by atoms with van der Waals surface area (Å²) in [4.78, 5) is 2.25. The van der Waals surface area contributed by atoms with Gasteiger partial charge in [0.15, 0.2) is 0 Å². The molecular weight excluding hydrogens is 124 g/mol. The van der Waals surface area contributed by atoms with Crippen molar-refractivity contribution in [3.63, 3.8) is 0 Å². The van der Waals surface area contributed by atoms with Crippen LogP contribution in [0.15, 0.2) is 0 Å². The van der Waals surface area contributed by atoms with Gasteiger partial charge in [-0.1, -0.05) is 12.8 Å². The van der Waals surface area contributed by atoms with Gasteiger partial charge in [-0.15, -0.1) is 0 Å². The molecule has 0 saturated heterocycles. The summed E-state index contributed by atoms with van der Waals surface area (Å²) < 4.78 is 0. The van der Waals surface area contributed by atoms with Crippen molar-refractivity contribution in [3.8, 4) is 0 Å². The van der Waals surface area contributed by atoms with E-state index in [4.69, 9.17) is 5.73 Å². The Morgan fingerprint density at radius 1 is 1.20 bits per heavy atom. The fourth-order valence-corrected chi connectivity index (χ4v) is 1.78. The first-order chi connectivity index (χ1) is 4.72. The zero-order valence-corrected chi connectivity index (χ0v) is 7.01. The fraction of sp³-hybridized carbons (Fsp3) is 1.00. The summed E-state index contributed by atoms with van der Waals surface area (Å²) in [5.41, 5.74) is 5.94. The molecule has 2 atom stereocenters. The third kappa shape index (κ3) is 1.70. The van der Waals surface area contributed by atoms with E-state index in [1.54, 1.807) is 0 Å². The second-order valence-corrected chi connectivity index (χ2v) is 3.48. The second kappa shape index (κ2) is 3.35. The normalized spacial score (nSPS) is 34.8. The average molecular weight is 142 g/mol. The third-order valence-electron chi connectivity index (χ3n) is 2.44. The van der Waals surface area contributed by atoms with Crippen molar-refractivity contribution in [1.82, 2.24) is 4.90 Å². The largest absolute Gasteiger partial charge is 0.326 e. The standard InChI is InChI=1S/C8H18N2/c1-10(2)8-6-4-3-5-7(8)9/h7-8H,3-6,9H2,1-2H3/t7-,8?/m0/s1. The van der Waals surface area contributed by atoms with Crippen molar-refractivity contribution in [1.29, 1.82) is 0 Å². The molecule has 0 radical (unpaired) electrons. The highest BCUT2D eigenvalue weighted by molar-refractivity contribution is 4.82. The molecule has 2 heteroatoms. The van der Waals surface area contributed by atoms with Crippen LogP contribution in [0.1, 0.15) is 25.7 Å². The van der Waals surface area contributed by atoms with Gasteiger partial charge in [0, 0.05) is 12.1 Å². The summed E-state index contributed by atoms with van der Waals surface area (Å²) in [5.74, 6) is 0. The van der Waals surface area contributed by atoms with Crippen LogP contribution in [0.4, 0.5) is 0 Å². The Labute approximate surface area is 63.4 Å². The Morgan fingerprint density at radius 3 is 2.20 bits per heavy atom. The molecular formula is C8H18N2. The van der Waals surface area contributed by atoms with Gasteiger partial charge in [-0.05, 0) is 26.9 Å². The highest BCUT2D eigenvalue weighted by Crippen LogP contribution is 2.19. The number of hydrogen-bond donors (Lipinski definition) is 1. The zero-order valence-electron chi connectivity index (χ0n) is 7.01. The lowest BCUT2D eigenvalue weighted by molar-refractivity contribution is 0.201. The topological polar surface area (TPSA) is 29.3 Å². The maximum atomic E-state index is 5.94. The molecule has 1 unspecified atom stereocenters. The van der Waals surface area contributed by atoms with Crippen molar-refractivity contribution in [2.75, 3.05) is 14.1 Å². The Kier molecular flexibility index (Phi) is 2.69. The van der Waals surface area contributed by atoms with Gasteiger partial charge in [-0.25, -0.2) is 0 Å². The lowest BCUT2D eigenvalue weighted by atomic mass is 9.90. The number of hydrogen-bond acceptors (Lipinski definition) is 2. The van der Waals surface area contributed by atoms with E-state index in [1.165, 1.54) is 25.7 Å². The summed E-state index contributed by atoms with van der Waals surface area (Å²) in [6.07, 6.45) is 5.18. The fourth-order valence-electron chi connectivity index (χ4n) is 1.78. The maximum absolute atomic E-state index is 5.94. The van der Waals surface area contributed by atoms with Crippen LogP contribution in [0.2, 0.25) is 0 Å². The van der Waals surface area contributed by atoms with Gasteiger partial charge in [-0.2, -0.15) is 0 Å². The van der Waals surface area contributed by atoms with Crippen LogP contribution < -0.4 is 5.73 Å². The minimum atomic E-state index is 0.420. The third-order valence-corrected chi connectivity index (χ3v) is 2.44. The van der Waals surface area contributed by atoms with Crippen LogP contribution in [0, 0.1) is 0 Å². The quantitative estimate of drug-likeness (QED) is 0.587. The Bertz CT molecular complexity index is 101. The van der Waals surface area contributed by atoms with Gasteiger partial charge >= 0.3 is 0 Å². The van der Waals surface area contributed by atoms with E-state index in [2.05, 4.69) is 19.0 Å². The minimum absolute atomic E-state index is 0.420. The van der Waals surface area contributed by atoms with Crippen molar-refractivity contribution >= 4 is 0 Å². The van der Waals surface area contributed by atoms with Crippen LogP contribution in [0.5, 0.6) is 0 Å². The van der Waals surface area contributed by atoms with Gasteiger partial charge in [-0.3, -0.25) is 0 Å². The van der Waals surface area contributed by atoms with Crippen LogP contribution in [-0.4, -0.2) is 31.1 Å². The number of rotatable bonds is 1. The molecule has 1 aliphatic carbocycles. The Morgan fingerprint density at radius 2 is 1.80 bits per heavy atom. The Balaban J connectivity index is 2.40. The molecule has 0 aromatic carbocycles. The Hall–Kier alpha value is -0.0800. The lowest BCUT2D eigenvalue weighted by Crippen LogP contribution is -2.46. The summed E-state index contributed by atoms with van der Waals surface area (Å²) >= 11 is 0. The molecule has 0 aromatic rings. The molecule has 1 aliphatic rings. The highest BCUT2D eigenvalue weighted by Gasteiger charge is 2.22. The van der Waals surface area contributed by atoms with E-state index >= 15 is 0 Å². The summed E-state index contributed by atoms with van der Waals surface area (Å²) in [5, 5.41) is 0. The smallest absolute Gasteiger partial charge is 0.0241 e. The molecule has 2 nitrogen and oxygen atoms in total. The molecule has 0 amide bonds. The van der Waals surface area contributed by atoms with Gasteiger partial charge in [0.25, 0.3) is 0 Å². The first kappa shape index (κ1) is 8.02. The van der Waals surface area contributed by atoms with E-state index in [-0.39, 0.29) is 0 Å². The monoisotopic (exact) mass is 142 g/mol. The van der Waals surface area contributed by atoms with Gasteiger partial charge in [0.05, 0.1) is 0 Å². The molecule has 1 rings (SSSR count). The number of likely N-dealkylation sites (N-methyl/N-ethyl adjacent to an activating group) is 1. The number of nitrogens with two attached hydrogens (primary N) is 1. The van der Waals surface area contributed by atoms with Crippen molar-refractivity contribution in [2.45, 2.75) is 37.8 Å². The van der Waals surface area contributed by atoms with E-state index in [1.807, 2.05) is 0 Å². The summed E-state index contributed by atoms with van der Waals surface area (Å²) in [7, 11) is 4.24. The van der Waals surface area contributed by atoms with Gasteiger partial charge < -0.3 is 10.6 Å². The van der Waals surface area contributed by atoms with E-state index in [0.717, 1.165) is 0 Å².